The fourth-order valence-corrected chi connectivity index (χ4v) is 3.50. The summed E-state index contributed by atoms with van der Waals surface area (Å²) in [5.41, 5.74) is 0. The predicted octanol–water partition coefficient (Wildman–Crippen LogP) is 4.00. The highest BCUT2D eigenvalue weighted by Gasteiger charge is 2.24. The van der Waals surface area contributed by atoms with Gasteiger partial charge in [-0.1, -0.05) is 78.1 Å². The number of rotatable bonds is 17. The zero-order valence-electron chi connectivity index (χ0n) is 20.4. The molecule has 3 N–H and O–H groups in total. The Morgan fingerprint density at radius 2 is 1.06 bits per heavy atom. The second-order valence-corrected chi connectivity index (χ2v) is 8.61. The molecule has 0 saturated carbocycles. The summed E-state index contributed by atoms with van der Waals surface area (Å²) >= 11 is 0. The van der Waals surface area contributed by atoms with E-state index in [4.69, 9.17) is 0 Å². The molecule has 0 radical (unpaired) electrons. The van der Waals surface area contributed by atoms with Gasteiger partial charge in [0.2, 0.25) is 23.6 Å². The summed E-state index contributed by atoms with van der Waals surface area (Å²) in [5.74, 6) is -1.72. The Kier molecular flexibility index (Phi) is 16.6. The Hall–Kier alpha value is -1.92. The molecule has 4 amide bonds. The lowest BCUT2D eigenvalue weighted by atomic mass is 9.93. The van der Waals surface area contributed by atoms with Crippen molar-refractivity contribution in [3.63, 3.8) is 0 Å². The lowest BCUT2D eigenvalue weighted by molar-refractivity contribution is -0.136. The molecule has 0 fully saturated rings. The van der Waals surface area contributed by atoms with Crippen molar-refractivity contribution in [2.24, 2.45) is 5.92 Å². The molecule has 31 heavy (non-hydrogen) atoms. The smallest absolute Gasteiger partial charge is 0.248 e. The molecule has 0 rings (SSSR count). The van der Waals surface area contributed by atoms with Crippen LogP contribution >= 0.6 is 0 Å². The zero-order chi connectivity index (χ0) is 23.6. The van der Waals surface area contributed by atoms with E-state index in [0.29, 0.717) is 0 Å². The first-order valence-corrected chi connectivity index (χ1v) is 12.1. The van der Waals surface area contributed by atoms with E-state index in [-0.39, 0.29) is 17.7 Å². The van der Waals surface area contributed by atoms with Gasteiger partial charge in [-0.05, 0) is 26.7 Å². The molecule has 0 heterocycles. The Labute approximate surface area is 188 Å². The van der Waals surface area contributed by atoms with E-state index < -0.39 is 23.9 Å². The van der Waals surface area contributed by atoms with Gasteiger partial charge in [-0.2, -0.15) is 0 Å². The van der Waals surface area contributed by atoms with Gasteiger partial charge in [-0.15, -0.1) is 0 Å². The summed E-state index contributed by atoms with van der Waals surface area (Å²) in [6.45, 7) is 8.74. The molecule has 3 atom stereocenters. The van der Waals surface area contributed by atoms with Crippen molar-refractivity contribution in [2.75, 3.05) is 0 Å². The third-order valence-corrected chi connectivity index (χ3v) is 5.49. The molecule has 180 valence electrons. The number of carbonyl (C=O) groups is 4. The monoisotopic (exact) mass is 439 g/mol. The fourth-order valence-electron chi connectivity index (χ4n) is 3.50. The molecular weight excluding hydrogens is 394 g/mol. The quantitative estimate of drug-likeness (QED) is 0.298. The van der Waals surface area contributed by atoms with Crippen molar-refractivity contribution < 1.29 is 19.2 Å². The van der Waals surface area contributed by atoms with E-state index in [1.54, 1.807) is 6.92 Å². The molecule has 0 aromatic carbocycles. The Balaban J connectivity index is 4.63. The standard InChI is InChI=1S/C24H45N3O4/c1-6-8-10-12-13-15-17-21(16-14-11-9-7-2)24(31)27-23(30)19(4)26-22(29)18(3)25-20(5)28/h18-19,21H,6-17H2,1-5H3,(H,25,28)(H,26,29)(H,27,30,31)/t18-,19-,21?/m0/s1. The molecule has 7 nitrogen and oxygen atoms in total. The van der Waals surface area contributed by atoms with Crippen molar-refractivity contribution in [3.05, 3.63) is 0 Å². The van der Waals surface area contributed by atoms with E-state index >= 15 is 0 Å². The normalized spacial score (nSPS) is 13.7. The van der Waals surface area contributed by atoms with Crippen molar-refractivity contribution >= 4 is 23.6 Å². The van der Waals surface area contributed by atoms with Crippen molar-refractivity contribution in [3.8, 4) is 0 Å². The summed E-state index contributed by atoms with van der Waals surface area (Å²) in [7, 11) is 0. The second kappa shape index (κ2) is 17.7. The zero-order valence-corrected chi connectivity index (χ0v) is 20.4. The first-order chi connectivity index (χ1) is 14.7. The molecular formula is C24H45N3O4. The average molecular weight is 440 g/mol. The van der Waals surface area contributed by atoms with Gasteiger partial charge in [0.05, 0.1) is 0 Å². The van der Waals surface area contributed by atoms with Crippen LogP contribution in [0.25, 0.3) is 0 Å². The van der Waals surface area contributed by atoms with Crippen LogP contribution in [0.4, 0.5) is 0 Å². The average Bonchev–Trinajstić information content (AvgIpc) is 2.71. The number of amides is 4. The van der Waals surface area contributed by atoms with Crippen LogP contribution < -0.4 is 16.0 Å². The van der Waals surface area contributed by atoms with Gasteiger partial charge in [-0.25, -0.2) is 0 Å². The van der Waals surface area contributed by atoms with Gasteiger partial charge in [0.15, 0.2) is 0 Å². The van der Waals surface area contributed by atoms with E-state index in [0.717, 1.165) is 51.4 Å². The first-order valence-electron chi connectivity index (χ1n) is 12.1. The van der Waals surface area contributed by atoms with Crippen LogP contribution in [0.15, 0.2) is 0 Å². The highest BCUT2D eigenvalue weighted by Crippen LogP contribution is 2.19. The highest BCUT2D eigenvalue weighted by atomic mass is 16.2. The van der Waals surface area contributed by atoms with Gasteiger partial charge in [0, 0.05) is 12.8 Å². The third kappa shape index (κ3) is 14.7. The number of imide groups is 1. The maximum Gasteiger partial charge on any atom is 0.248 e. The largest absolute Gasteiger partial charge is 0.345 e. The SMILES string of the molecule is CCCCCCCCC(CCCCCC)C(=O)NC(=O)[C@H](C)NC(=O)[C@H](C)NC(C)=O. The van der Waals surface area contributed by atoms with E-state index in [1.807, 2.05) is 0 Å². The Bertz CT molecular complexity index is 551. The maximum absolute atomic E-state index is 12.8. The number of unbranched alkanes of at least 4 members (excludes halogenated alkanes) is 8. The van der Waals surface area contributed by atoms with Crippen LogP contribution in [0.3, 0.4) is 0 Å². The summed E-state index contributed by atoms with van der Waals surface area (Å²) < 4.78 is 0. The molecule has 0 aliphatic carbocycles. The predicted molar refractivity (Wildman–Crippen MR) is 124 cm³/mol. The number of hydrogen-bond acceptors (Lipinski definition) is 4. The fraction of sp³-hybridized carbons (Fsp3) is 0.833. The molecule has 0 aliphatic rings. The first kappa shape index (κ1) is 29.1. The molecule has 0 aromatic rings. The minimum Gasteiger partial charge on any atom is -0.345 e. The topological polar surface area (TPSA) is 104 Å². The third-order valence-electron chi connectivity index (χ3n) is 5.49. The van der Waals surface area contributed by atoms with Gasteiger partial charge in [-0.3, -0.25) is 24.5 Å². The van der Waals surface area contributed by atoms with Crippen LogP contribution in [0.2, 0.25) is 0 Å². The maximum atomic E-state index is 12.8. The Morgan fingerprint density at radius 3 is 1.58 bits per heavy atom. The van der Waals surface area contributed by atoms with Crippen LogP contribution in [-0.2, 0) is 19.2 Å². The number of hydrogen-bond donors (Lipinski definition) is 3. The molecule has 7 heteroatoms. The lowest BCUT2D eigenvalue weighted by Gasteiger charge is -2.20. The van der Waals surface area contributed by atoms with Crippen molar-refractivity contribution in [1.82, 2.24) is 16.0 Å². The Morgan fingerprint density at radius 1 is 0.613 bits per heavy atom. The molecule has 0 aromatic heterocycles. The van der Waals surface area contributed by atoms with Crippen LogP contribution in [0.5, 0.6) is 0 Å². The van der Waals surface area contributed by atoms with Gasteiger partial charge in [0.25, 0.3) is 0 Å². The second-order valence-electron chi connectivity index (χ2n) is 8.61. The van der Waals surface area contributed by atoms with E-state index in [9.17, 15) is 19.2 Å². The van der Waals surface area contributed by atoms with Crippen LogP contribution in [0.1, 0.15) is 112 Å². The molecule has 0 spiro atoms. The molecule has 0 aliphatic heterocycles. The minimum atomic E-state index is -0.859. The minimum absolute atomic E-state index is 0.173. The van der Waals surface area contributed by atoms with E-state index in [1.165, 1.54) is 39.5 Å². The summed E-state index contributed by atoms with van der Waals surface area (Å²) in [5, 5.41) is 7.50. The van der Waals surface area contributed by atoms with Crippen LogP contribution in [0, 0.1) is 5.92 Å². The number of nitrogens with one attached hydrogen (secondary N) is 3. The van der Waals surface area contributed by atoms with Crippen LogP contribution in [-0.4, -0.2) is 35.7 Å². The lowest BCUT2D eigenvalue weighted by Crippen LogP contribution is -2.52. The summed E-state index contributed by atoms with van der Waals surface area (Å²) in [6, 6.07) is -1.61. The van der Waals surface area contributed by atoms with Gasteiger partial charge >= 0.3 is 0 Å². The van der Waals surface area contributed by atoms with Gasteiger partial charge < -0.3 is 10.6 Å². The molecule has 0 bridgehead atoms. The molecule has 0 saturated heterocycles. The summed E-state index contributed by atoms with van der Waals surface area (Å²) in [6.07, 6.45) is 12.9. The summed E-state index contributed by atoms with van der Waals surface area (Å²) in [4.78, 5) is 48.3. The highest BCUT2D eigenvalue weighted by molar-refractivity contribution is 6.00. The van der Waals surface area contributed by atoms with E-state index in [2.05, 4.69) is 29.8 Å². The molecule has 1 unspecified atom stereocenters. The van der Waals surface area contributed by atoms with Crippen molar-refractivity contribution in [2.45, 2.75) is 124 Å². The van der Waals surface area contributed by atoms with Gasteiger partial charge in [0.1, 0.15) is 12.1 Å². The van der Waals surface area contributed by atoms with Crippen molar-refractivity contribution in [1.29, 1.82) is 0 Å². The number of carbonyl (C=O) groups excluding carboxylic acids is 4.